The summed E-state index contributed by atoms with van der Waals surface area (Å²) in [5.41, 5.74) is 1.35. The van der Waals surface area contributed by atoms with Crippen LogP contribution in [0.4, 0.5) is 0 Å². The molecule has 6 nitrogen and oxygen atoms in total. The van der Waals surface area contributed by atoms with Crippen molar-refractivity contribution in [2.75, 3.05) is 47.0 Å². The average molecular weight is 518 g/mol. The highest BCUT2D eigenvalue weighted by Crippen LogP contribution is 2.10. The van der Waals surface area contributed by atoms with Gasteiger partial charge in [0.05, 0.1) is 6.10 Å². The van der Waals surface area contributed by atoms with Crippen molar-refractivity contribution in [3.8, 4) is 0 Å². The van der Waals surface area contributed by atoms with E-state index in [-0.39, 0.29) is 24.0 Å². The maximum absolute atomic E-state index is 5.90. The lowest BCUT2D eigenvalue weighted by Gasteiger charge is -2.25. The van der Waals surface area contributed by atoms with E-state index in [9.17, 15) is 0 Å². The summed E-state index contributed by atoms with van der Waals surface area (Å²) in [5, 5.41) is 6.78. The van der Waals surface area contributed by atoms with E-state index in [2.05, 4.69) is 64.8 Å². The smallest absolute Gasteiger partial charge is 0.190 e. The molecule has 1 unspecified atom stereocenters. The van der Waals surface area contributed by atoms with Crippen molar-refractivity contribution in [2.45, 2.75) is 51.3 Å². The summed E-state index contributed by atoms with van der Waals surface area (Å²) in [6.45, 7) is 7.47. The van der Waals surface area contributed by atoms with Crippen LogP contribution in [0.3, 0.4) is 0 Å². The molecule has 29 heavy (non-hydrogen) atoms. The first kappa shape index (κ1) is 26.1. The molecule has 1 heterocycles. The van der Waals surface area contributed by atoms with Crippen LogP contribution in [-0.4, -0.2) is 70.0 Å². The number of aliphatic imine (C=N–C) groups is 1. The Morgan fingerprint density at radius 1 is 1.21 bits per heavy atom. The Bertz CT molecular complexity index is 553. The Hall–Kier alpha value is -0.900. The quantitative estimate of drug-likeness (QED) is 0.204. The molecule has 0 spiro atoms. The third-order valence-corrected chi connectivity index (χ3v) is 5.24. The van der Waals surface area contributed by atoms with E-state index < -0.39 is 0 Å². The minimum absolute atomic E-state index is 0. The van der Waals surface area contributed by atoms with E-state index in [1.807, 2.05) is 7.05 Å². The van der Waals surface area contributed by atoms with Gasteiger partial charge in [-0.3, -0.25) is 9.89 Å². The summed E-state index contributed by atoms with van der Waals surface area (Å²) in [4.78, 5) is 6.70. The predicted octanol–water partition coefficient (Wildman–Crippen LogP) is 3.27. The van der Waals surface area contributed by atoms with Crippen molar-refractivity contribution in [2.24, 2.45) is 4.99 Å². The molecule has 0 aromatic heterocycles. The van der Waals surface area contributed by atoms with E-state index in [0.29, 0.717) is 12.1 Å². The fourth-order valence-corrected chi connectivity index (χ4v) is 3.24. The highest BCUT2D eigenvalue weighted by atomic mass is 127. The molecule has 7 heteroatoms. The Kier molecular flexibility index (Phi) is 14.3. The predicted molar refractivity (Wildman–Crippen MR) is 131 cm³/mol. The molecule has 0 saturated carbocycles. The van der Waals surface area contributed by atoms with Crippen molar-refractivity contribution in [3.63, 3.8) is 0 Å². The minimum Gasteiger partial charge on any atom is -0.381 e. The van der Waals surface area contributed by atoms with Crippen molar-refractivity contribution >= 4 is 29.9 Å². The molecule has 0 aliphatic carbocycles. The van der Waals surface area contributed by atoms with Crippen LogP contribution in [0.15, 0.2) is 35.3 Å². The summed E-state index contributed by atoms with van der Waals surface area (Å²) in [7, 11) is 4.00. The van der Waals surface area contributed by atoms with Crippen LogP contribution in [-0.2, 0) is 16.0 Å². The molecule has 166 valence electrons. The molecular weight excluding hydrogens is 479 g/mol. The lowest BCUT2D eigenvalue weighted by molar-refractivity contribution is -0.0320. The molecule has 0 radical (unpaired) electrons. The standard InChI is InChI=1S/C22H38N4O2.HI/c1-19(26(3)18-20-8-5-4-6-9-20)10-14-25-22(23-2)24-13-7-15-28-21-11-16-27-17-12-21;/h4-6,8-9,19,21H,7,10-18H2,1-3H3,(H2,23,24,25);1H. The molecule has 0 amide bonds. The largest absolute Gasteiger partial charge is 0.381 e. The molecule has 2 N–H and O–H groups in total. The first-order valence-corrected chi connectivity index (χ1v) is 10.6. The highest BCUT2D eigenvalue weighted by Gasteiger charge is 2.13. The van der Waals surface area contributed by atoms with Gasteiger partial charge in [0.1, 0.15) is 0 Å². The maximum atomic E-state index is 5.90. The summed E-state index contributed by atoms with van der Waals surface area (Å²) in [6, 6.07) is 11.1. The van der Waals surface area contributed by atoms with E-state index in [0.717, 1.165) is 71.1 Å². The first-order chi connectivity index (χ1) is 13.7. The number of rotatable bonds is 11. The van der Waals surface area contributed by atoms with Gasteiger partial charge in [-0.1, -0.05) is 30.3 Å². The third-order valence-electron chi connectivity index (χ3n) is 5.24. The van der Waals surface area contributed by atoms with E-state index in [1.54, 1.807) is 0 Å². The van der Waals surface area contributed by atoms with Crippen LogP contribution in [0, 0.1) is 0 Å². The van der Waals surface area contributed by atoms with Gasteiger partial charge in [-0.25, -0.2) is 0 Å². The fraction of sp³-hybridized carbons (Fsp3) is 0.682. The number of nitrogens with one attached hydrogen (secondary N) is 2. The van der Waals surface area contributed by atoms with Gasteiger partial charge in [-0.15, -0.1) is 24.0 Å². The number of guanidine groups is 1. The van der Waals surface area contributed by atoms with Crippen LogP contribution in [0.5, 0.6) is 0 Å². The lowest BCUT2D eigenvalue weighted by atomic mass is 10.1. The van der Waals surface area contributed by atoms with E-state index in [1.165, 1.54) is 5.56 Å². The monoisotopic (exact) mass is 518 g/mol. The Morgan fingerprint density at radius 3 is 2.59 bits per heavy atom. The Labute approximate surface area is 193 Å². The number of halogens is 1. The van der Waals surface area contributed by atoms with Crippen molar-refractivity contribution in [1.29, 1.82) is 0 Å². The number of hydrogen-bond donors (Lipinski definition) is 2. The molecule has 1 aliphatic heterocycles. The minimum atomic E-state index is 0. The van der Waals surface area contributed by atoms with Gasteiger partial charge in [0.2, 0.25) is 0 Å². The number of benzene rings is 1. The van der Waals surface area contributed by atoms with Gasteiger partial charge in [-0.05, 0) is 45.2 Å². The first-order valence-electron chi connectivity index (χ1n) is 10.6. The second-order valence-corrected chi connectivity index (χ2v) is 7.50. The van der Waals surface area contributed by atoms with Crippen LogP contribution in [0.1, 0.15) is 38.2 Å². The van der Waals surface area contributed by atoms with Gasteiger partial charge in [0.25, 0.3) is 0 Å². The van der Waals surface area contributed by atoms with Gasteiger partial charge >= 0.3 is 0 Å². The normalized spacial score (nSPS) is 16.3. The Morgan fingerprint density at radius 2 is 1.90 bits per heavy atom. The lowest BCUT2D eigenvalue weighted by Crippen LogP contribution is -2.40. The van der Waals surface area contributed by atoms with Gasteiger partial charge in [0.15, 0.2) is 5.96 Å². The number of hydrogen-bond acceptors (Lipinski definition) is 4. The second-order valence-electron chi connectivity index (χ2n) is 7.50. The number of nitrogens with zero attached hydrogens (tertiary/aromatic N) is 2. The zero-order valence-electron chi connectivity index (χ0n) is 18.2. The zero-order chi connectivity index (χ0) is 20.0. The summed E-state index contributed by atoms with van der Waals surface area (Å²) < 4.78 is 11.3. The molecule has 1 aromatic carbocycles. The molecule has 0 bridgehead atoms. The topological polar surface area (TPSA) is 58.1 Å². The van der Waals surface area contributed by atoms with Crippen molar-refractivity contribution in [1.82, 2.24) is 15.5 Å². The van der Waals surface area contributed by atoms with Crippen molar-refractivity contribution in [3.05, 3.63) is 35.9 Å². The maximum Gasteiger partial charge on any atom is 0.190 e. The van der Waals surface area contributed by atoms with E-state index >= 15 is 0 Å². The molecule has 1 aromatic rings. The van der Waals surface area contributed by atoms with Crippen LogP contribution >= 0.6 is 24.0 Å². The van der Waals surface area contributed by atoms with Crippen LogP contribution in [0.25, 0.3) is 0 Å². The van der Waals surface area contributed by atoms with Gasteiger partial charge in [0, 0.05) is 52.5 Å². The average Bonchev–Trinajstić information content (AvgIpc) is 2.73. The summed E-state index contributed by atoms with van der Waals surface area (Å²) in [6.07, 6.45) is 4.47. The molecule has 1 aliphatic rings. The molecule has 1 atom stereocenters. The third kappa shape index (κ3) is 11.2. The highest BCUT2D eigenvalue weighted by molar-refractivity contribution is 14.0. The van der Waals surface area contributed by atoms with Crippen molar-refractivity contribution < 1.29 is 9.47 Å². The molecule has 1 saturated heterocycles. The SMILES string of the molecule is CN=C(NCCCOC1CCOCC1)NCCC(C)N(C)Cc1ccccc1.I. The van der Waals surface area contributed by atoms with Crippen LogP contribution < -0.4 is 10.6 Å². The van der Waals surface area contributed by atoms with Crippen LogP contribution in [0.2, 0.25) is 0 Å². The summed E-state index contributed by atoms with van der Waals surface area (Å²) in [5.74, 6) is 0.865. The Balaban J connectivity index is 0.00000420. The van der Waals surface area contributed by atoms with Gasteiger partial charge < -0.3 is 20.1 Å². The molecule has 2 rings (SSSR count). The second kappa shape index (κ2) is 15.9. The summed E-state index contributed by atoms with van der Waals surface area (Å²) >= 11 is 0. The van der Waals surface area contributed by atoms with Gasteiger partial charge in [-0.2, -0.15) is 0 Å². The fourth-order valence-electron chi connectivity index (χ4n) is 3.24. The molecular formula is C22H39IN4O2. The molecule has 1 fully saturated rings. The van der Waals surface area contributed by atoms with E-state index in [4.69, 9.17) is 9.47 Å². The zero-order valence-corrected chi connectivity index (χ0v) is 20.6. The number of ether oxygens (including phenoxy) is 2.